The number of rotatable bonds is 5. The van der Waals surface area contributed by atoms with Crippen LogP contribution in [0, 0.1) is 0 Å². The SMILES string of the molecule is CCNc1nc(Oc2cc(Cl)cc(Cl)c2)nc(N(C)C)n1. The molecule has 21 heavy (non-hydrogen) atoms. The number of nitrogens with one attached hydrogen (secondary N) is 1. The quantitative estimate of drug-likeness (QED) is 0.907. The summed E-state index contributed by atoms with van der Waals surface area (Å²) in [5, 5.41) is 3.99. The van der Waals surface area contributed by atoms with Crippen LogP contribution in [0.25, 0.3) is 0 Å². The second-order valence-corrected chi connectivity index (χ2v) is 5.25. The van der Waals surface area contributed by atoms with Crippen molar-refractivity contribution in [2.45, 2.75) is 6.92 Å². The Bertz CT molecular complexity index is 616. The molecule has 8 heteroatoms. The molecule has 0 spiro atoms. The van der Waals surface area contributed by atoms with Crippen LogP contribution in [0.2, 0.25) is 10.0 Å². The fourth-order valence-electron chi connectivity index (χ4n) is 1.52. The molecule has 1 aromatic carbocycles. The molecule has 1 heterocycles. The maximum Gasteiger partial charge on any atom is 0.328 e. The highest BCUT2D eigenvalue weighted by Gasteiger charge is 2.10. The van der Waals surface area contributed by atoms with Gasteiger partial charge in [-0.3, -0.25) is 0 Å². The number of benzene rings is 1. The Morgan fingerprint density at radius 2 is 1.76 bits per heavy atom. The van der Waals surface area contributed by atoms with Gasteiger partial charge in [-0.05, 0) is 25.1 Å². The van der Waals surface area contributed by atoms with Gasteiger partial charge in [0.25, 0.3) is 0 Å². The number of nitrogens with zero attached hydrogens (tertiary/aromatic N) is 4. The van der Waals surface area contributed by atoms with Crippen molar-refractivity contribution in [3.05, 3.63) is 28.2 Å². The number of aromatic nitrogens is 3. The van der Waals surface area contributed by atoms with Crippen molar-refractivity contribution in [3.63, 3.8) is 0 Å². The molecule has 0 saturated carbocycles. The van der Waals surface area contributed by atoms with Gasteiger partial charge >= 0.3 is 6.01 Å². The summed E-state index contributed by atoms with van der Waals surface area (Å²) < 4.78 is 5.62. The maximum absolute atomic E-state index is 5.94. The summed E-state index contributed by atoms with van der Waals surface area (Å²) in [6.07, 6.45) is 0. The summed E-state index contributed by atoms with van der Waals surface area (Å²) in [5.41, 5.74) is 0. The normalized spacial score (nSPS) is 10.3. The van der Waals surface area contributed by atoms with Crippen molar-refractivity contribution in [3.8, 4) is 11.8 Å². The predicted octanol–water partition coefficient (Wildman–Crippen LogP) is 3.47. The Hall–Kier alpha value is -1.79. The van der Waals surface area contributed by atoms with Crippen molar-refractivity contribution < 1.29 is 4.74 Å². The van der Waals surface area contributed by atoms with Gasteiger partial charge in [0, 0.05) is 30.7 Å². The Labute approximate surface area is 133 Å². The Morgan fingerprint density at radius 3 is 2.33 bits per heavy atom. The highest BCUT2D eigenvalue weighted by atomic mass is 35.5. The highest BCUT2D eigenvalue weighted by Crippen LogP contribution is 2.27. The van der Waals surface area contributed by atoms with Gasteiger partial charge in [-0.15, -0.1) is 0 Å². The van der Waals surface area contributed by atoms with Gasteiger partial charge in [-0.2, -0.15) is 15.0 Å². The molecular formula is C13H15Cl2N5O. The third kappa shape index (κ3) is 4.34. The average Bonchev–Trinajstić information content (AvgIpc) is 2.37. The third-order valence-electron chi connectivity index (χ3n) is 2.38. The number of hydrogen-bond donors (Lipinski definition) is 1. The van der Waals surface area contributed by atoms with Gasteiger partial charge in [0.05, 0.1) is 0 Å². The van der Waals surface area contributed by atoms with E-state index in [0.717, 1.165) is 0 Å². The lowest BCUT2D eigenvalue weighted by Gasteiger charge is -2.13. The Balaban J connectivity index is 2.33. The summed E-state index contributed by atoms with van der Waals surface area (Å²) in [5.74, 6) is 1.40. The van der Waals surface area contributed by atoms with E-state index in [1.807, 2.05) is 21.0 Å². The molecule has 0 aliphatic heterocycles. The smallest absolute Gasteiger partial charge is 0.328 e. The summed E-state index contributed by atoms with van der Waals surface area (Å²) in [7, 11) is 3.68. The summed E-state index contributed by atoms with van der Waals surface area (Å²) in [4.78, 5) is 14.4. The number of anilines is 2. The van der Waals surface area contributed by atoms with E-state index in [0.29, 0.717) is 34.2 Å². The largest absolute Gasteiger partial charge is 0.424 e. The van der Waals surface area contributed by atoms with E-state index in [9.17, 15) is 0 Å². The van der Waals surface area contributed by atoms with E-state index >= 15 is 0 Å². The first kappa shape index (κ1) is 15.6. The van der Waals surface area contributed by atoms with Gasteiger partial charge in [0.2, 0.25) is 11.9 Å². The second kappa shape index (κ2) is 6.78. The van der Waals surface area contributed by atoms with Gasteiger partial charge in [0.1, 0.15) is 5.75 Å². The molecule has 2 aromatic rings. The van der Waals surface area contributed by atoms with Crippen molar-refractivity contribution in [1.29, 1.82) is 0 Å². The highest BCUT2D eigenvalue weighted by molar-refractivity contribution is 6.34. The molecule has 0 atom stereocenters. The topological polar surface area (TPSA) is 63.2 Å². The van der Waals surface area contributed by atoms with E-state index < -0.39 is 0 Å². The summed E-state index contributed by atoms with van der Waals surface area (Å²) in [6, 6.07) is 5.07. The number of halogens is 2. The van der Waals surface area contributed by atoms with Crippen LogP contribution in [0.15, 0.2) is 18.2 Å². The minimum Gasteiger partial charge on any atom is -0.424 e. The van der Waals surface area contributed by atoms with Gasteiger partial charge in [-0.25, -0.2) is 0 Å². The fraction of sp³-hybridized carbons (Fsp3) is 0.308. The predicted molar refractivity (Wildman–Crippen MR) is 84.9 cm³/mol. The zero-order valence-electron chi connectivity index (χ0n) is 11.9. The van der Waals surface area contributed by atoms with E-state index in [1.54, 1.807) is 23.1 Å². The molecule has 0 unspecified atom stereocenters. The molecular weight excluding hydrogens is 313 g/mol. The van der Waals surface area contributed by atoms with E-state index in [2.05, 4.69) is 20.3 Å². The summed E-state index contributed by atoms with van der Waals surface area (Å²) >= 11 is 11.9. The van der Waals surface area contributed by atoms with Crippen LogP contribution in [0.5, 0.6) is 11.8 Å². The zero-order chi connectivity index (χ0) is 15.4. The lowest BCUT2D eigenvalue weighted by molar-refractivity contribution is 0.440. The van der Waals surface area contributed by atoms with Crippen LogP contribution in [-0.4, -0.2) is 35.6 Å². The van der Waals surface area contributed by atoms with Crippen LogP contribution < -0.4 is 15.0 Å². The molecule has 0 aliphatic carbocycles. The Morgan fingerprint density at radius 1 is 1.10 bits per heavy atom. The van der Waals surface area contributed by atoms with E-state index in [4.69, 9.17) is 27.9 Å². The number of hydrogen-bond acceptors (Lipinski definition) is 6. The lowest BCUT2D eigenvalue weighted by Crippen LogP contribution is -2.15. The minimum atomic E-state index is 0.169. The number of ether oxygens (including phenoxy) is 1. The monoisotopic (exact) mass is 327 g/mol. The molecule has 0 bridgehead atoms. The molecule has 0 fully saturated rings. The van der Waals surface area contributed by atoms with Gasteiger partial charge < -0.3 is 15.0 Å². The van der Waals surface area contributed by atoms with Crippen LogP contribution in [-0.2, 0) is 0 Å². The van der Waals surface area contributed by atoms with Crippen molar-refractivity contribution in [1.82, 2.24) is 15.0 Å². The average molecular weight is 328 g/mol. The van der Waals surface area contributed by atoms with Crippen molar-refractivity contribution in [2.24, 2.45) is 0 Å². The molecule has 1 N–H and O–H groups in total. The van der Waals surface area contributed by atoms with Crippen LogP contribution in [0.4, 0.5) is 11.9 Å². The Kier molecular flexibility index (Phi) is 5.03. The fourth-order valence-corrected chi connectivity index (χ4v) is 2.03. The van der Waals surface area contributed by atoms with Gasteiger partial charge in [0.15, 0.2) is 0 Å². The van der Waals surface area contributed by atoms with Crippen molar-refractivity contribution >= 4 is 35.1 Å². The molecule has 0 saturated heterocycles. The molecule has 0 amide bonds. The van der Waals surface area contributed by atoms with Gasteiger partial charge in [-0.1, -0.05) is 23.2 Å². The molecule has 112 valence electrons. The molecule has 1 aromatic heterocycles. The lowest BCUT2D eigenvalue weighted by atomic mass is 10.3. The molecule has 0 radical (unpaired) electrons. The standard InChI is InChI=1S/C13H15Cl2N5O/c1-4-16-11-17-12(20(2)3)19-13(18-11)21-10-6-8(14)5-9(15)7-10/h5-7H,4H2,1-3H3,(H,16,17,18,19). The molecule has 2 rings (SSSR count). The first-order valence-electron chi connectivity index (χ1n) is 6.29. The first-order valence-corrected chi connectivity index (χ1v) is 7.04. The molecule has 6 nitrogen and oxygen atoms in total. The first-order chi connectivity index (χ1) is 9.97. The minimum absolute atomic E-state index is 0.169. The van der Waals surface area contributed by atoms with E-state index in [-0.39, 0.29) is 6.01 Å². The second-order valence-electron chi connectivity index (χ2n) is 4.37. The van der Waals surface area contributed by atoms with Crippen LogP contribution in [0.3, 0.4) is 0 Å². The zero-order valence-corrected chi connectivity index (χ0v) is 13.4. The van der Waals surface area contributed by atoms with Crippen molar-refractivity contribution in [2.75, 3.05) is 30.9 Å². The molecule has 0 aliphatic rings. The van der Waals surface area contributed by atoms with E-state index in [1.165, 1.54) is 0 Å². The third-order valence-corrected chi connectivity index (χ3v) is 2.82. The maximum atomic E-state index is 5.94. The summed E-state index contributed by atoms with van der Waals surface area (Å²) in [6.45, 7) is 2.65. The van der Waals surface area contributed by atoms with Crippen LogP contribution in [0.1, 0.15) is 6.92 Å². The van der Waals surface area contributed by atoms with Crippen LogP contribution >= 0.6 is 23.2 Å².